The molecule has 2 heterocycles. The van der Waals surface area contributed by atoms with Gasteiger partial charge in [0.25, 0.3) is 5.91 Å². The Morgan fingerprint density at radius 3 is 2.33 bits per heavy atom. The molecule has 190 valence electrons. The summed E-state index contributed by atoms with van der Waals surface area (Å²) < 4.78 is 0. The highest BCUT2D eigenvalue weighted by molar-refractivity contribution is 5.94. The lowest BCUT2D eigenvalue weighted by molar-refractivity contribution is 0.0795. The molecule has 0 atom stereocenters. The zero-order chi connectivity index (χ0) is 25.3. The van der Waals surface area contributed by atoms with Gasteiger partial charge in [0.1, 0.15) is 5.75 Å². The summed E-state index contributed by atoms with van der Waals surface area (Å²) in [7, 11) is 0. The van der Waals surface area contributed by atoms with Gasteiger partial charge < -0.3 is 15.7 Å². The normalized spacial score (nSPS) is 14.0. The van der Waals surface area contributed by atoms with E-state index in [9.17, 15) is 9.90 Å². The summed E-state index contributed by atoms with van der Waals surface area (Å²) in [6.45, 7) is 9.68. The van der Waals surface area contributed by atoms with E-state index in [2.05, 4.69) is 45.3 Å². The summed E-state index contributed by atoms with van der Waals surface area (Å²) in [6, 6.07) is 17.4. The van der Waals surface area contributed by atoms with Gasteiger partial charge in [-0.05, 0) is 80.0 Å². The molecule has 7 heteroatoms. The monoisotopic (exact) mass is 487 g/mol. The maximum absolute atomic E-state index is 12.7. The molecule has 1 saturated heterocycles. The molecule has 1 amide bonds. The van der Waals surface area contributed by atoms with E-state index in [1.54, 1.807) is 12.4 Å². The molecule has 0 radical (unpaired) electrons. The molecule has 0 unspecified atom stereocenters. The molecular formula is C29H37N5O2. The van der Waals surface area contributed by atoms with Crippen LogP contribution in [0.2, 0.25) is 0 Å². The summed E-state index contributed by atoms with van der Waals surface area (Å²) in [5.41, 5.74) is 4.71. The summed E-state index contributed by atoms with van der Waals surface area (Å²) in [5, 5.41) is 16.8. The van der Waals surface area contributed by atoms with Crippen LogP contribution >= 0.6 is 0 Å². The minimum absolute atomic E-state index is 0.0472. The Hall–Kier alpha value is -3.42. The van der Waals surface area contributed by atoms with Gasteiger partial charge in [-0.15, -0.1) is 0 Å². The average Bonchev–Trinajstić information content (AvgIpc) is 2.86. The highest BCUT2D eigenvalue weighted by Gasteiger charge is 2.28. The van der Waals surface area contributed by atoms with Gasteiger partial charge in [0, 0.05) is 61.1 Å². The lowest BCUT2D eigenvalue weighted by atomic mass is 10.0. The predicted octanol–water partition coefficient (Wildman–Crippen LogP) is 4.77. The Kier molecular flexibility index (Phi) is 8.92. The number of amides is 1. The molecule has 1 aromatic heterocycles. The van der Waals surface area contributed by atoms with Gasteiger partial charge in [-0.1, -0.05) is 19.9 Å². The molecule has 3 aromatic rings. The zero-order valence-corrected chi connectivity index (χ0v) is 21.3. The van der Waals surface area contributed by atoms with E-state index < -0.39 is 0 Å². The first-order valence-corrected chi connectivity index (χ1v) is 12.9. The van der Waals surface area contributed by atoms with Crippen molar-refractivity contribution >= 4 is 17.3 Å². The van der Waals surface area contributed by atoms with Crippen molar-refractivity contribution in [3.05, 3.63) is 83.7 Å². The number of aromatic nitrogens is 1. The summed E-state index contributed by atoms with van der Waals surface area (Å²) in [4.78, 5) is 21.4. The number of phenolic OH excluding ortho intramolecular Hbond substituents is 1. The third-order valence-electron chi connectivity index (χ3n) is 6.43. The average molecular weight is 488 g/mol. The Labute approximate surface area is 214 Å². The van der Waals surface area contributed by atoms with Gasteiger partial charge in [0.15, 0.2) is 0 Å². The summed E-state index contributed by atoms with van der Waals surface area (Å²) >= 11 is 0. The van der Waals surface area contributed by atoms with Crippen LogP contribution in [-0.2, 0) is 13.1 Å². The van der Waals surface area contributed by atoms with Gasteiger partial charge in [-0.3, -0.25) is 19.6 Å². The molecule has 0 aliphatic carbocycles. The van der Waals surface area contributed by atoms with Crippen LogP contribution in [0.15, 0.2) is 67.0 Å². The van der Waals surface area contributed by atoms with E-state index in [-0.39, 0.29) is 11.9 Å². The van der Waals surface area contributed by atoms with Crippen LogP contribution in [0.3, 0.4) is 0 Å². The topological polar surface area (TPSA) is 80.7 Å². The van der Waals surface area contributed by atoms with Crippen molar-refractivity contribution in [2.24, 2.45) is 0 Å². The van der Waals surface area contributed by atoms with E-state index in [1.165, 1.54) is 5.56 Å². The first-order valence-electron chi connectivity index (χ1n) is 12.9. The van der Waals surface area contributed by atoms with Crippen LogP contribution in [0, 0.1) is 0 Å². The molecule has 1 aliphatic rings. The standard InChI is InChI=1S/C29H37N5O2/c1-3-15-33(16-4-2)19-24-17-22(5-10-28(24)35)18-34-20-27(21-34)32-29(36)23-6-8-25(9-7-23)31-26-11-13-30-14-12-26/h5-14,17,27,35H,3-4,15-16,18-21H2,1-2H3,(H,30,31)(H,32,36). The number of hydrogen-bond acceptors (Lipinski definition) is 6. The van der Waals surface area contributed by atoms with Crippen molar-refractivity contribution in [2.75, 3.05) is 31.5 Å². The van der Waals surface area contributed by atoms with Gasteiger partial charge in [-0.25, -0.2) is 0 Å². The number of benzene rings is 2. The number of rotatable bonds is 12. The molecule has 2 aromatic carbocycles. The number of aromatic hydroxyl groups is 1. The molecule has 7 nitrogen and oxygen atoms in total. The SMILES string of the molecule is CCCN(CCC)Cc1cc(CN2CC(NC(=O)c3ccc(Nc4ccncc4)cc3)C2)ccc1O. The van der Waals surface area contributed by atoms with Crippen molar-refractivity contribution in [3.8, 4) is 5.75 Å². The summed E-state index contributed by atoms with van der Waals surface area (Å²) in [5.74, 6) is 0.320. The second-order valence-corrected chi connectivity index (χ2v) is 9.54. The molecule has 0 bridgehead atoms. The second kappa shape index (κ2) is 12.5. The van der Waals surface area contributed by atoms with E-state index in [4.69, 9.17) is 0 Å². The molecule has 1 fully saturated rings. The first-order chi connectivity index (χ1) is 17.5. The maximum Gasteiger partial charge on any atom is 0.251 e. The van der Waals surface area contributed by atoms with E-state index >= 15 is 0 Å². The number of carbonyl (C=O) groups excluding carboxylic acids is 1. The fraction of sp³-hybridized carbons (Fsp3) is 0.379. The number of anilines is 2. The third kappa shape index (κ3) is 7.06. The van der Waals surface area contributed by atoms with Gasteiger partial charge in [0.05, 0.1) is 6.04 Å². The number of nitrogens with one attached hydrogen (secondary N) is 2. The Bertz CT molecular complexity index is 1110. The molecule has 1 aliphatic heterocycles. The fourth-order valence-electron chi connectivity index (χ4n) is 4.63. The van der Waals surface area contributed by atoms with Crippen molar-refractivity contribution < 1.29 is 9.90 Å². The van der Waals surface area contributed by atoms with Crippen LogP contribution in [0.25, 0.3) is 0 Å². The van der Waals surface area contributed by atoms with Crippen LogP contribution in [0.5, 0.6) is 5.75 Å². The van der Waals surface area contributed by atoms with Crippen molar-refractivity contribution in [1.82, 2.24) is 20.1 Å². The zero-order valence-electron chi connectivity index (χ0n) is 21.3. The molecule has 0 spiro atoms. The molecular weight excluding hydrogens is 450 g/mol. The minimum atomic E-state index is -0.0472. The van der Waals surface area contributed by atoms with Crippen LogP contribution in [-0.4, -0.2) is 58.0 Å². The highest BCUT2D eigenvalue weighted by Crippen LogP contribution is 2.23. The van der Waals surface area contributed by atoms with Crippen molar-refractivity contribution in [2.45, 2.75) is 45.8 Å². The van der Waals surface area contributed by atoms with Crippen molar-refractivity contribution in [1.29, 1.82) is 0 Å². The first kappa shape index (κ1) is 25.7. The predicted molar refractivity (Wildman–Crippen MR) is 144 cm³/mol. The summed E-state index contributed by atoms with van der Waals surface area (Å²) in [6.07, 6.45) is 5.68. The Morgan fingerprint density at radius 1 is 1.00 bits per heavy atom. The number of nitrogens with zero attached hydrogens (tertiary/aromatic N) is 3. The van der Waals surface area contributed by atoms with Gasteiger partial charge in [-0.2, -0.15) is 0 Å². The van der Waals surface area contributed by atoms with Gasteiger partial charge in [0.2, 0.25) is 0 Å². The number of hydrogen-bond donors (Lipinski definition) is 3. The molecule has 0 saturated carbocycles. The van der Waals surface area contributed by atoms with E-state index in [1.807, 2.05) is 48.5 Å². The number of pyridine rings is 1. The van der Waals surface area contributed by atoms with E-state index in [0.29, 0.717) is 11.3 Å². The lowest BCUT2D eigenvalue weighted by Crippen LogP contribution is -2.58. The quantitative estimate of drug-likeness (QED) is 0.342. The number of phenols is 1. The van der Waals surface area contributed by atoms with Crippen LogP contribution in [0.1, 0.15) is 48.2 Å². The lowest BCUT2D eigenvalue weighted by Gasteiger charge is -2.39. The fourth-order valence-corrected chi connectivity index (χ4v) is 4.63. The Balaban J connectivity index is 1.24. The molecule has 4 rings (SSSR count). The van der Waals surface area contributed by atoms with Gasteiger partial charge >= 0.3 is 0 Å². The minimum Gasteiger partial charge on any atom is -0.508 e. The van der Waals surface area contributed by atoms with E-state index in [0.717, 1.165) is 69.0 Å². The largest absolute Gasteiger partial charge is 0.508 e. The number of carbonyl (C=O) groups is 1. The molecule has 36 heavy (non-hydrogen) atoms. The second-order valence-electron chi connectivity index (χ2n) is 9.54. The third-order valence-corrected chi connectivity index (χ3v) is 6.43. The van der Waals surface area contributed by atoms with Crippen LogP contribution in [0.4, 0.5) is 11.4 Å². The maximum atomic E-state index is 12.7. The molecule has 3 N–H and O–H groups in total. The van der Waals surface area contributed by atoms with Crippen LogP contribution < -0.4 is 10.6 Å². The highest BCUT2D eigenvalue weighted by atomic mass is 16.3. The number of likely N-dealkylation sites (tertiary alicyclic amines) is 1. The van der Waals surface area contributed by atoms with Crippen molar-refractivity contribution in [3.63, 3.8) is 0 Å². The Morgan fingerprint density at radius 2 is 1.67 bits per heavy atom. The smallest absolute Gasteiger partial charge is 0.251 e.